The van der Waals surface area contributed by atoms with Crippen LogP contribution in [0.1, 0.15) is 50.2 Å². The second-order valence-electron chi connectivity index (χ2n) is 6.63. The molecule has 0 aliphatic heterocycles. The van der Waals surface area contributed by atoms with Gasteiger partial charge < -0.3 is 4.90 Å². The number of benzene rings is 1. The van der Waals surface area contributed by atoms with E-state index in [1.165, 1.54) is 43.2 Å². The van der Waals surface area contributed by atoms with Crippen LogP contribution in [0.4, 0.5) is 0 Å². The molecule has 1 amide bonds. The molecule has 0 atom stereocenters. The molecule has 0 bridgehead atoms. The number of carbonyl (C=O) groups excluding carboxylic acids is 1. The van der Waals surface area contributed by atoms with Crippen molar-refractivity contribution in [2.75, 3.05) is 20.6 Å². The molecule has 3 nitrogen and oxygen atoms in total. The lowest BCUT2D eigenvalue weighted by atomic mass is 9.94. The molecule has 1 saturated carbocycles. The molecule has 0 spiro atoms. The lowest BCUT2D eigenvalue weighted by Crippen LogP contribution is -2.41. The Bertz CT molecular complexity index is 463. The van der Waals surface area contributed by atoms with Crippen LogP contribution in [0.25, 0.3) is 0 Å². The number of aryl methyl sites for hydroxylation is 1. The first-order valence-electron chi connectivity index (χ1n) is 8.62. The maximum absolute atomic E-state index is 12.4. The van der Waals surface area contributed by atoms with Gasteiger partial charge in [-0.05, 0) is 37.4 Å². The predicted molar refractivity (Wildman–Crippen MR) is 91.8 cm³/mol. The van der Waals surface area contributed by atoms with E-state index in [1.54, 1.807) is 0 Å². The summed E-state index contributed by atoms with van der Waals surface area (Å²) in [6.45, 7) is 3.39. The van der Waals surface area contributed by atoms with Gasteiger partial charge in [-0.2, -0.15) is 0 Å². The highest BCUT2D eigenvalue weighted by atomic mass is 16.2. The third kappa shape index (κ3) is 4.84. The van der Waals surface area contributed by atoms with Crippen molar-refractivity contribution in [2.24, 2.45) is 0 Å². The van der Waals surface area contributed by atoms with E-state index in [0.29, 0.717) is 19.1 Å². The highest BCUT2D eigenvalue weighted by molar-refractivity contribution is 5.78. The Morgan fingerprint density at radius 1 is 1.05 bits per heavy atom. The molecule has 0 radical (unpaired) electrons. The Morgan fingerprint density at radius 2 is 1.64 bits per heavy atom. The van der Waals surface area contributed by atoms with Crippen LogP contribution in [0.5, 0.6) is 0 Å². The van der Waals surface area contributed by atoms with Crippen molar-refractivity contribution in [3.8, 4) is 0 Å². The maximum atomic E-state index is 12.4. The molecule has 1 aromatic rings. The monoisotopic (exact) mass is 302 g/mol. The van der Waals surface area contributed by atoms with Crippen molar-refractivity contribution in [3.05, 3.63) is 35.4 Å². The average molecular weight is 302 g/mol. The van der Waals surface area contributed by atoms with Gasteiger partial charge >= 0.3 is 0 Å². The van der Waals surface area contributed by atoms with Crippen molar-refractivity contribution in [2.45, 2.75) is 58.0 Å². The first-order chi connectivity index (χ1) is 10.6. The van der Waals surface area contributed by atoms with Crippen LogP contribution >= 0.6 is 0 Å². The van der Waals surface area contributed by atoms with Crippen LogP contribution in [0.3, 0.4) is 0 Å². The van der Waals surface area contributed by atoms with Gasteiger partial charge in [0.05, 0.1) is 6.54 Å². The molecule has 0 N–H and O–H groups in total. The van der Waals surface area contributed by atoms with E-state index in [2.05, 4.69) is 43.1 Å². The van der Waals surface area contributed by atoms with Crippen LogP contribution in [-0.4, -0.2) is 42.4 Å². The molecular weight excluding hydrogens is 272 g/mol. The topological polar surface area (TPSA) is 23.6 Å². The maximum Gasteiger partial charge on any atom is 0.236 e. The van der Waals surface area contributed by atoms with Gasteiger partial charge in [-0.25, -0.2) is 0 Å². The molecule has 1 aliphatic carbocycles. The Kier molecular flexibility index (Phi) is 6.44. The van der Waals surface area contributed by atoms with Crippen LogP contribution in [0.15, 0.2) is 24.3 Å². The number of likely N-dealkylation sites (N-methyl/N-ethyl adjacent to an activating group) is 2. The van der Waals surface area contributed by atoms with Crippen molar-refractivity contribution < 1.29 is 4.79 Å². The largest absolute Gasteiger partial charge is 0.340 e. The fourth-order valence-electron chi connectivity index (χ4n) is 3.23. The van der Waals surface area contributed by atoms with Gasteiger partial charge in [0, 0.05) is 19.6 Å². The lowest BCUT2D eigenvalue weighted by molar-refractivity contribution is -0.132. The zero-order valence-electron chi connectivity index (χ0n) is 14.3. The van der Waals surface area contributed by atoms with E-state index in [-0.39, 0.29) is 5.91 Å². The summed E-state index contributed by atoms with van der Waals surface area (Å²) in [5.41, 5.74) is 2.54. The van der Waals surface area contributed by atoms with Crippen LogP contribution in [-0.2, 0) is 17.8 Å². The van der Waals surface area contributed by atoms with Crippen LogP contribution < -0.4 is 0 Å². The molecule has 0 aromatic heterocycles. The molecule has 22 heavy (non-hydrogen) atoms. The van der Waals surface area contributed by atoms with Gasteiger partial charge in [0.25, 0.3) is 0 Å². The quantitative estimate of drug-likeness (QED) is 0.803. The summed E-state index contributed by atoms with van der Waals surface area (Å²) >= 11 is 0. The molecule has 1 fully saturated rings. The lowest BCUT2D eigenvalue weighted by Gasteiger charge is -2.31. The molecule has 0 unspecified atom stereocenters. The number of nitrogens with zero attached hydrogens (tertiary/aromatic N) is 2. The highest BCUT2D eigenvalue weighted by Crippen LogP contribution is 2.21. The Labute approximate surface area is 135 Å². The smallest absolute Gasteiger partial charge is 0.236 e. The number of rotatable bonds is 6. The summed E-state index contributed by atoms with van der Waals surface area (Å²) < 4.78 is 0. The van der Waals surface area contributed by atoms with Crippen LogP contribution in [0, 0.1) is 0 Å². The summed E-state index contributed by atoms with van der Waals surface area (Å²) in [5, 5.41) is 0. The van der Waals surface area contributed by atoms with E-state index >= 15 is 0 Å². The van der Waals surface area contributed by atoms with E-state index in [1.807, 2.05) is 11.9 Å². The van der Waals surface area contributed by atoms with Gasteiger partial charge in [0.1, 0.15) is 0 Å². The molecule has 0 saturated heterocycles. The van der Waals surface area contributed by atoms with Gasteiger partial charge in [0.2, 0.25) is 5.91 Å². The summed E-state index contributed by atoms with van der Waals surface area (Å²) in [5.74, 6) is 0.215. The first kappa shape index (κ1) is 17.0. The second-order valence-corrected chi connectivity index (χ2v) is 6.63. The van der Waals surface area contributed by atoms with Crippen LogP contribution in [0.2, 0.25) is 0 Å². The van der Waals surface area contributed by atoms with Gasteiger partial charge in [-0.1, -0.05) is 50.5 Å². The zero-order chi connectivity index (χ0) is 15.9. The predicted octanol–water partition coefficient (Wildman–Crippen LogP) is 3.47. The molecule has 1 aromatic carbocycles. The minimum Gasteiger partial charge on any atom is -0.340 e. The summed E-state index contributed by atoms with van der Waals surface area (Å²) in [6.07, 6.45) is 7.51. The fourth-order valence-corrected chi connectivity index (χ4v) is 3.23. The normalized spacial score (nSPS) is 16.0. The Hall–Kier alpha value is -1.35. The summed E-state index contributed by atoms with van der Waals surface area (Å²) in [7, 11) is 4.00. The van der Waals surface area contributed by atoms with E-state index in [0.717, 1.165) is 6.42 Å². The zero-order valence-corrected chi connectivity index (χ0v) is 14.3. The van der Waals surface area contributed by atoms with Crippen molar-refractivity contribution in [1.29, 1.82) is 0 Å². The highest BCUT2D eigenvalue weighted by Gasteiger charge is 2.21. The third-order valence-electron chi connectivity index (χ3n) is 4.86. The second kappa shape index (κ2) is 8.33. The Morgan fingerprint density at radius 3 is 2.23 bits per heavy atom. The van der Waals surface area contributed by atoms with Gasteiger partial charge in [0.15, 0.2) is 0 Å². The third-order valence-corrected chi connectivity index (χ3v) is 4.86. The summed E-state index contributed by atoms with van der Waals surface area (Å²) in [6, 6.07) is 9.17. The van der Waals surface area contributed by atoms with E-state index < -0.39 is 0 Å². The number of amides is 1. The van der Waals surface area contributed by atoms with Crippen molar-refractivity contribution >= 4 is 5.91 Å². The molecule has 122 valence electrons. The van der Waals surface area contributed by atoms with Crippen molar-refractivity contribution in [3.63, 3.8) is 0 Å². The average Bonchev–Trinajstić information content (AvgIpc) is 2.56. The van der Waals surface area contributed by atoms with Crippen molar-refractivity contribution in [1.82, 2.24) is 9.80 Å². The first-order valence-corrected chi connectivity index (χ1v) is 8.62. The van der Waals surface area contributed by atoms with Gasteiger partial charge in [-0.15, -0.1) is 0 Å². The molecule has 1 aliphatic rings. The minimum atomic E-state index is 0.215. The molecule has 3 heteroatoms. The molecular formula is C19H30N2O. The minimum absolute atomic E-state index is 0.215. The molecule has 0 heterocycles. The fraction of sp³-hybridized carbons (Fsp3) is 0.632. The van der Waals surface area contributed by atoms with E-state index in [9.17, 15) is 4.79 Å². The Balaban J connectivity index is 1.82. The number of carbonyl (C=O) groups is 1. The van der Waals surface area contributed by atoms with E-state index in [4.69, 9.17) is 0 Å². The SMILES string of the molecule is CCc1ccc(CN(C)C(=O)CN(C)C2CCCCC2)cc1. The summed E-state index contributed by atoms with van der Waals surface area (Å²) in [4.78, 5) is 16.5. The number of hydrogen-bond acceptors (Lipinski definition) is 2. The standard InChI is InChI=1S/C19H30N2O/c1-4-16-10-12-17(13-11-16)14-21(3)19(22)15-20(2)18-8-6-5-7-9-18/h10-13,18H,4-9,14-15H2,1-3H3. The number of hydrogen-bond donors (Lipinski definition) is 0. The van der Waals surface area contributed by atoms with Gasteiger partial charge in [-0.3, -0.25) is 9.69 Å². The molecule has 2 rings (SSSR count).